The van der Waals surface area contributed by atoms with Gasteiger partial charge in [-0.25, -0.2) is 4.68 Å². The average Bonchev–Trinajstić information content (AvgIpc) is 3.09. The van der Waals surface area contributed by atoms with Crippen LogP contribution in [-0.4, -0.2) is 36.3 Å². The number of aryl methyl sites for hydroxylation is 1. The fourth-order valence-electron chi connectivity index (χ4n) is 2.77. The van der Waals surface area contributed by atoms with Gasteiger partial charge in [-0.15, -0.1) is 5.10 Å². The molecule has 118 valence electrons. The van der Waals surface area contributed by atoms with Gasteiger partial charge >= 0.3 is 0 Å². The molecular weight excluding hydrogens is 298 g/mol. The lowest BCUT2D eigenvalue weighted by atomic mass is 10.2. The molecule has 1 saturated carbocycles. The maximum Gasteiger partial charge on any atom is 0.209 e. The lowest BCUT2D eigenvalue weighted by molar-refractivity contribution is 0.102. The van der Waals surface area contributed by atoms with Crippen LogP contribution in [0.1, 0.15) is 60.5 Å². The lowest BCUT2D eigenvalue weighted by Crippen LogP contribution is -2.08. The first-order valence-corrected chi connectivity index (χ1v) is 8.60. The Balaban J connectivity index is 1.72. The first-order chi connectivity index (χ1) is 10.5. The molecule has 6 nitrogen and oxygen atoms in total. The standard InChI is InChI=1S/C15H21N5OS/c1-9(2)20-15(16-17-18-20)22-8-14(21)13-7-10(3)19(11(13)4)12-5-6-12/h7,9,12H,5-6,8H2,1-4H3. The van der Waals surface area contributed by atoms with Crippen LogP contribution in [0, 0.1) is 13.8 Å². The SMILES string of the molecule is Cc1cc(C(=O)CSc2nnnn2C(C)C)c(C)n1C1CC1. The molecule has 2 aromatic heterocycles. The molecule has 1 aliphatic carbocycles. The Kier molecular flexibility index (Phi) is 4.08. The number of nitrogens with zero attached hydrogens (tertiary/aromatic N) is 5. The molecule has 0 radical (unpaired) electrons. The molecule has 7 heteroatoms. The van der Waals surface area contributed by atoms with Gasteiger partial charge < -0.3 is 4.57 Å². The van der Waals surface area contributed by atoms with E-state index in [0.29, 0.717) is 17.0 Å². The van der Waals surface area contributed by atoms with Gasteiger partial charge in [-0.2, -0.15) is 0 Å². The zero-order valence-corrected chi connectivity index (χ0v) is 14.2. The summed E-state index contributed by atoms with van der Waals surface area (Å²) in [5.41, 5.74) is 3.11. The molecule has 0 atom stereocenters. The number of Topliss-reactive ketones (excluding diaryl/α,β-unsaturated/α-hetero) is 1. The van der Waals surface area contributed by atoms with Crippen LogP contribution in [0.4, 0.5) is 0 Å². The van der Waals surface area contributed by atoms with Gasteiger partial charge in [-0.05, 0) is 57.0 Å². The molecule has 2 heterocycles. The van der Waals surface area contributed by atoms with Gasteiger partial charge in [0.1, 0.15) is 0 Å². The molecule has 0 saturated heterocycles. The van der Waals surface area contributed by atoms with Gasteiger partial charge in [0, 0.05) is 23.0 Å². The van der Waals surface area contributed by atoms with E-state index < -0.39 is 0 Å². The van der Waals surface area contributed by atoms with Crippen LogP contribution >= 0.6 is 11.8 Å². The first-order valence-electron chi connectivity index (χ1n) is 7.61. The summed E-state index contributed by atoms with van der Waals surface area (Å²) in [6, 6.07) is 2.80. The van der Waals surface area contributed by atoms with Crippen LogP contribution in [0.5, 0.6) is 0 Å². The summed E-state index contributed by atoms with van der Waals surface area (Å²) in [5, 5.41) is 12.3. The minimum absolute atomic E-state index is 0.142. The van der Waals surface area contributed by atoms with Crippen LogP contribution in [-0.2, 0) is 0 Å². The third-order valence-corrected chi connectivity index (χ3v) is 4.91. The van der Waals surface area contributed by atoms with Crippen molar-refractivity contribution in [3.63, 3.8) is 0 Å². The fraction of sp³-hybridized carbons (Fsp3) is 0.600. The van der Waals surface area contributed by atoms with Crippen molar-refractivity contribution in [2.75, 3.05) is 5.75 Å². The van der Waals surface area contributed by atoms with E-state index in [9.17, 15) is 4.79 Å². The van der Waals surface area contributed by atoms with Crippen molar-refractivity contribution in [3.05, 3.63) is 23.0 Å². The van der Waals surface area contributed by atoms with E-state index in [4.69, 9.17) is 0 Å². The monoisotopic (exact) mass is 319 g/mol. The molecule has 3 rings (SSSR count). The Bertz CT molecular complexity index is 699. The molecule has 0 unspecified atom stereocenters. The van der Waals surface area contributed by atoms with E-state index in [-0.39, 0.29) is 11.8 Å². The fourth-order valence-corrected chi connectivity index (χ4v) is 3.66. The molecule has 0 aromatic carbocycles. The highest BCUT2D eigenvalue weighted by atomic mass is 32.2. The number of aromatic nitrogens is 5. The van der Waals surface area contributed by atoms with Gasteiger partial charge in [-0.1, -0.05) is 11.8 Å². The summed E-state index contributed by atoms with van der Waals surface area (Å²) >= 11 is 1.40. The zero-order valence-electron chi connectivity index (χ0n) is 13.4. The first kappa shape index (κ1) is 15.3. The average molecular weight is 319 g/mol. The summed E-state index contributed by atoms with van der Waals surface area (Å²) in [4.78, 5) is 12.5. The van der Waals surface area contributed by atoms with Crippen LogP contribution in [0.2, 0.25) is 0 Å². The van der Waals surface area contributed by atoms with Crippen molar-refractivity contribution in [1.82, 2.24) is 24.8 Å². The molecule has 22 heavy (non-hydrogen) atoms. The Labute approximate surface area is 134 Å². The van der Waals surface area contributed by atoms with Gasteiger partial charge in [-0.3, -0.25) is 4.79 Å². The smallest absolute Gasteiger partial charge is 0.209 e. The number of thioether (sulfide) groups is 1. The second-order valence-corrected chi connectivity index (χ2v) is 7.04. The van der Waals surface area contributed by atoms with Gasteiger partial charge in [0.25, 0.3) is 0 Å². The maximum atomic E-state index is 12.5. The van der Waals surface area contributed by atoms with Crippen LogP contribution in [0.15, 0.2) is 11.2 Å². The van der Waals surface area contributed by atoms with Crippen LogP contribution in [0.3, 0.4) is 0 Å². The van der Waals surface area contributed by atoms with Gasteiger partial charge in [0.2, 0.25) is 5.16 Å². The highest BCUT2D eigenvalue weighted by Gasteiger charge is 2.28. The number of carbonyl (C=O) groups excluding carboxylic acids is 1. The summed E-state index contributed by atoms with van der Waals surface area (Å²) in [5.74, 6) is 0.505. The van der Waals surface area contributed by atoms with Gasteiger partial charge in [0.05, 0.1) is 11.8 Å². The van der Waals surface area contributed by atoms with Crippen molar-refractivity contribution in [3.8, 4) is 0 Å². The quantitative estimate of drug-likeness (QED) is 0.605. The normalized spacial score (nSPS) is 14.8. The van der Waals surface area contributed by atoms with Crippen LogP contribution in [0.25, 0.3) is 0 Å². The second-order valence-electron chi connectivity index (χ2n) is 6.10. The second kappa shape index (κ2) is 5.87. The summed E-state index contributed by atoms with van der Waals surface area (Å²) < 4.78 is 4.04. The number of carbonyl (C=O) groups is 1. The summed E-state index contributed by atoms with van der Waals surface area (Å²) in [6.07, 6.45) is 2.45. The zero-order chi connectivity index (χ0) is 15.9. The molecule has 1 fully saturated rings. The highest BCUT2D eigenvalue weighted by molar-refractivity contribution is 7.99. The van der Waals surface area contributed by atoms with Crippen molar-refractivity contribution in [2.24, 2.45) is 0 Å². The summed E-state index contributed by atoms with van der Waals surface area (Å²) in [7, 11) is 0. The number of tetrazole rings is 1. The van der Waals surface area contributed by atoms with Crippen molar-refractivity contribution >= 4 is 17.5 Å². The van der Waals surface area contributed by atoms with Crippen molar-refractivity contribution in [1.29, 1.82) is 0 Å². The van der Waals surface area contributed by atoms with Crippen LogP contribution < -0.4 is 0 Å². The number of rotatable bonds is 6. The number of hydrogen-bond donors (Lipinski definition) is 0. The predicted octanol–water partition coefficient (Wildman–Crippen LogP) is 2.98. The summed E-state index contributed by atoms with van der Waals surface area (Å²) in [6.45, 7) is 8.16. The van der Waals surface area contributed by atoms with E-state index in [2.05, 4.69) is 27.0 Å². The third kappa shape index (κ3) is 2.82. The topological polar surface area (TPSA) is 65.6 Å². The Morgan fingerprint density at radius 3 is 2.77 bits per heavy atom. The molecule has 1 aliphatic rings. The Morgan fingerprint density at radius 2 is 2.14 bits per heavy atom. The molecule has 2 aromatic rings. The van der Waals surface area contributed by atoms with E-state index in [1.165, 1.54) is 30.3 Å². The minimum Gasteiger partial charge on any atom is -0.345 e. The van der Waals surface area contributed by atoms with Gasteiger partial charge in [0.15, 0.2) is 5.78 Å². The lowest BCUT2D eigenvalue weighted by Gasteiger charge is -2.08. The molecular formula is C15H21N5OS. The highest BCUT2D eigenvalue weighted by Crippen LogP contribution is 2.38. The van der Waals surface area contributed by atoms with Crippen molar-refractivity contribution < 1.29 is 4.79 Å². The number of ketones is 1. The third-order valence-electron chi connectivity index (χ3n) is 3.98. The van der Waals surface area contributed by atoms with Crippen molar-refractivity contribution in [2.45, 2.75) is 57.8 Å². The minimum atomic E-state index is 0.142. The molecule has 0 spiro atoms. The van der Waals surface area contributed by atoms with E-state index in [0.717, 1.165) is 11.3 Å². The molecule has 0 bridgehead atoms. The largest absolute Gasteiger partial charge is 0.345 e. The maximum absolute atomic E-state index is 12.5. The molecule has 0 aliphatic heterocycles. The number of hydrogen-bond acceptors (Lipinski definition) is 5. The van der Waals surface area contributed by atoms with E-state index >= 15 is 0 Å². The Hall–Kier alpha value is -1.63. The molecule has 0 N–H and O–H groups in total. The van der Waals surface area contributed by atoms with E-state index in [1.54, 1.807) is 4.68 Å². The molecule has 0 amide bonds. The predicted molar refractivity (Wildman–Crippen MR) is 85.4 cm³/mol. The Morgan fingerprint density at radius 1 is 1.41 bits per heavy atom. The van der Waals surface area contributed by atoms with E-state index in [1.807, 2.05) is 26.8 Å².